The van der Waals surface area contributed by atoms with Gasteiger partial charge in [-0.2, -0.15) is 0 Å². The Morgan fingerprint density at radius 3 is 2.50 bits per heavy atom. The summed E-state index contributed by atoms with van der Waals surface area (Å²) < 4.78 is 14.0. The highest BCUT2D eigenvalue weighted by Crippen LogP contribution is 2.21. The second kappa shape index (κ2) is 8.50. The Balaban J connectivity index is 1.31. The number of piperazine rings is 1. The Labute approximate surface area is 167 Å². The molecule has 7 heteroatoms. The number of halogens is 1. The van der Waals surface area contributed by atoms with E-state index in [9.17, 15) is 9.18 Å². The zero-order chi connectivity index (χ0) is 19.3. The fourth-order valence-electron chi connectivity index (χ4n) is 3.25. The van der Waals surface area contributed by atoms with Crippen molar-refractivity contribution < 1.29 is 9.18 Å². The number of anilines is 2. The maximum Gasteiger partial charge on any atom is 0.275 e. The highest BCUT2D eigenvalue weighted by Gasteiger charge is 2.20. The second-order valence-corrected chi connectivity index (χ2v) is 7.60. The van der Waals surface area contributed by atoms with Crippen LogP contribution in [0, 0.1) is 5.82 Å². The van der Waals surface area contributed by atoms with E-state index in [1.54, 1.807) is 11.4 Å². The van der Waals surface area contributed by atoms with Gasteiger partial charge in [-0.15, -0.1) is 11.3 Å². The van der Waals surface area contributed by atoms with Gasteiger partial charge in [0, 0.05) is 37.2 Å². The molecule has 0 aliphatic carbocycles. The molecule has 1 aromatic heterocycles. The van der Waals surface area contributed by atoms with E-state index in [1.807, 2.05) is 42.5 Å². The van der Waals surface area contributed by atoms with Crippen molar-refractivity contribution >= 4 is 28.6 Å². The summed E-state index contributed by atoms with van der Waals surface area (Å²) in [7, 11) is 0. The van der Waals surface area contributed by atoms with Gasteiger partial charge in [0.2, 0.25) is 0 Å². The molecule has 3 aromatic rings. The molecule has 1 saturated heterocycles. The Morgan fingerprint density at radius 1 is 1.04 bits per heavy atom. The molecular weight excluding hydrogens is 375 g/mol. The first-order chi connectivity index (χ1) is 13.7. The predicted octanol–water partition coefficient (Wildman–Crippen LogP) is 3.86. The normalized spacial score (nSPS) is 14.8. The van der Waals surface area contributed by atoms with Gasteiger partial charge in [0.1, 0.15) is 16.5 Å². The van der Waals surface area contributed by atoms with Crippen LogP contribution in [0.15, 0.2) is 60.0 Å². The maximum atomic E-state index is 14.0. The van der Waals surface area contributed by atoms with Gasteiger partial charge in [-0.1, -0.05) is 30.3 Å². The van der Waals surface area contributed by atoms with Crippen LogP contribution < -0.4 is 10.2 Å². The molecule has 0 bridgehead atoms. The van der Waals surface area contributed by atoms with Gasteiger partial charge < -0.3 is 10.2 Å². The minimum atomic E-state index is -0.196. The van der Waals surface area contributed by atoms with Crippen LogP contribution in [0.2, 0.25) is 0 Å². The number of hydrogen-bond acceptors (Lipinski definition) is 5. The third kappa shape index (κ3) is 4.37. The summed E-state index contributed by atoms with van der Waals surface area (Å²) in [5.41, 5.74) is 1.86. The number of rotatable bonds is 5. The molecule has 2 heterocycles. The van der Waals surface area contributed by atoms with E-state index in [0.29, 0.717) is 17.9 Å². The first kappa shape index (κ1) is 18.6. The third-order valence-corrected chi connectivity index (χ3v) is 5.57. The van der Waals surface area contributed by atoms with Crippen molar-refractivity contribution in [1.29, 1.82) is 0 Å². The van der Waals surface area contributed by atoms with E-state index in [2.05, 4.69) is 20.1 Å². The largest absolute Gasteiger partial charge is 0.367 e. The monoisotopic (exact) mass is 396 g/mol. The quantitative estimate of drug-likeness (QED) is 0.712. The number of benzene rings is 2. The number of amides is 1. The van der Waals surface area contributed by atoms with E-state index >= 15 is 0 Å². The molecule has 1 N–H and O–H groups in total. The number of carbonyl (C=O) groups excluding carboxylic acids is 1. The summed E-state index contributed by atoms with van der Waals surface area (Å²) in [5.74, 6) is -0.372. The third-order valence-electron chi connectivity index (χ3n) is 4.74. The lowest BCUT2D eigenvalue weighted by Gasteiger charge is -2.35. The van der Waals surface area contributed by atoms with Gasteiger partial charge in [0.05, 0.1) is 12.2 Å². The molecule has 2 aromatic carbocycles. The number of nitrogens with zero attached hydrogens (tertiary/aromatic N) is 3. The summed E-state index contributed by atoms with van der Waals surface area (Å²) in [6, 6.07) is 16.3. The van der Waals surface area contributed by atoms with Crippen molar-refractivity contribution in [3.63, 3.8) is 0 Å². The first-order valence-corrected chi connectivity index (χ1v) is 10.1. The summed E-state index contributed by atoms with van der Waals surface area (Å²) in [6.07, 6.45) is 0. The molecule has 1 amide bonds. The average Bonchev–Trinajstić information content (AvgIpc) is 3.19. The number of carbonyl (C=O) groups is 1. The summed E-state index contributed by atoms with van der Waals surface area (Å²) >= 11 is 1.49. The number of aromatic nitrogens is 1. The van der Waals surface area contributed by atoms with Crippen LogP contribution in [-0.2, 0) is 6.54 Å². The summed E-state index contributed by atoms with van der Waals surface area (Å²) in [5, 5.41) is 5.56. The van der Waals surface area contributed by atoms with E-state index in [1.165, 1.54) is 17.4 Å². The van der Waals surface area contributed by atoms with Gasteiger partial charge in [0.25, 0.3) is 5.91 Å². The van der Waals surface area contributed by atoms with Gasteiger partial charge in [-0.05, 0) is 24.3 Å². The van der Waals surface area contributed by atoms with Crippen molar-refractivity contribution in [3.8, 4) is 0 Å². The fourth-order valence-corrected chi connectivity index (χ4v) is 4.07. The van der Waals surface area contributed by atoms with E-state index in [-0.39, 0.29) is 11.7 Å². The van der Waals surface area contributed by atoms with Crippen LogP contribution in [-0.4, -0.2) is 42.0 Å². The SMILES string of the molecule is O=C(Nc1ccccc1)c1csc(CN2CCN(c3ccccc3F)CC2)n1. The van der Waals surface area contributed by atoms with Crippen LogP contribution in [0.3, 0.4) is 0 Å². The Morgan fingerprint density at radius 2 is 1.75 bits per heavy atom. The topological polar surface area (TPSA) is 48.5 Å². The molecule has 5 nitrogen and oxygen atoms in total. The molecule has 28 heavy (non-hydrogen) atoms. The lowest BCUT2D eigenvalue weighted by atomic mass is 10.2. The lowest BCUT2D eigenvalue weighted by molar-refractivity contribution is 0.102. The zero-order valence-corrected chi connectivity index (χ0v) is 16.2. The van der Waals surface area contributed by atoms with Crippen LogP contribution in [0.4, 0.5) is 15.8 Å². The van der Waals surface area contributed by atoms with Crippen molar-refractivity contribution in [2.45, 2.75) is 6.54 Å². The Hall–Kier alpha value is -2.77. The second-order valence-electron chi connectivity index (χ2n) is 6.66. The highest BCUT2D eigenvalue weighted by atomic mass is 32.1. The molecule has 1 aliphatic rings. The zero-order valence-electron chi connectivity index (χ0n) is 15.3. The summed E-state index contributed by atoms with van der Waals surface area (Å²) in [6.45, 7) is 3.91. The van der Waals surface area contributed by atoms with Gasteiger partial charge in [0.15, 0.2) is 0 Å². The smallest absolute Gasteiger partial charge is 0.275 e. The molecule has 0 spiro atoms. The van der Waals surface area contributed by atoms with Crippen LogP contribution >= 0.6 is 11.3 Å². The fraction of sp³-hybridized carbons (Fsp3) is 0.238. The van der Waals surface area contributed by atoms with Crippen LogP contribution in [0.1, 0.15) is 15.5 Å². The van der Waals surface area contributed by atoms with Crippen molar-refractivity contribution in [2.24, 2.45) is 0 Å². The van der Waals surface area contributed by atoms with E-state index < -0.39 is 0 Å². The number of para-hydroxylation sites is 2. The van der Waals surface area contributed by atoms with E-state index in [0.717, 1.165) is 36.9 Å². The number of thiazole rings is 1. The highest BCUT2D eigenvalue weighted by molar-refractivity contribution is 7.09. The number of nitrogens with one attached hydrogen (secondary N) is 1. The standard InChI is InChI=1S/C21H21FN4OS/c22-17-8-4-5-9-19(17)26-12-10-25(11-13-26)14-20-24-18(15-28-20)21(27)23-16-6-2-1-3-7-16/h1-9,15H,10-14H2,(H,23,27). The lowest BCUT2D eigenvalue weighted by Crippen LogP contribution is -2.46. The van der Waals surface area contributed by atoms with Gasteiger partial charge >= 0.3 is 0 Å². The molecule has 1 aliphatic heterocycles. The summed E-state index contributed by atoms with van der Waals surface area (Å²) in [4.78, 5) is 21.2. The van der Waals surface area contributed by atoms with Crippen LogP contribution in [0.25, 0.3) is 0 Å². The van der Waals surface area contributed by atoms with Gasteiger partial charge in [-0.3, -0.25) is 9.69 Å². The Kier molecular flexibility index (Phi) is 5.64. The molecule has 0 atom stereocenters. The maximum absolute atomic E-state index is 14.0. The molecule has 0 radical (unpaired) electrons. The average molecular weight is 396 g/mol. The molecule has 0 saturated carbocycles. The minimum absolute atomic E-state index is 0.176. The van der Waals surface area contributed by atoms with Crippen molar-refractivity contribution in [3.05, 3.63) is 76.5 Å². The van der Waals surface area contributed by atoms with E-state index in [4.69, 9.17) is 0 Å². The van der Waals surface area contributed by atoms with Gasteiger partial charge in [-0.25, -0.2) is 9.37 Å². The van der Waals surface area contributed by atoms with Crippen molar-refractivity contribution in [2.75, 3.05) is 36.4 Å². The first-order valence-electron chi connectivity index (χ1n) is 9.22. The molecular formula is C21H21FN4OS. The number of hydrogen-bond donors (Lipinski definition) is 1. The Bertz CT molecular complexity index is 938. The predicted molar refractivity (Wildman–Crippen MR) is 110 cm³/mol. The molecule has 4 rings (SSSR count). The van der Waals surface area contributed by atoms with Crippen LogP contribution in [0.5, 0.6) is 0 Å². The molecule has 0 unspecified atom stereocenters. The molecule has 1 fully saturated rings. The molecule has 144 valence electrons. The minimum Gasteiger partial charge on any atom is -0.367 e. The van der Waals surface area contributed by atoms with Crippen molar-refractivity contribution in [1.82, 2.24) is 9.88 Å².